The molecule has 1 saturated heterocycles. The van der Waals surface area contributed by atoms with Crippen molar-refractivity contribution >= 4 is 0 Å². The largest absolute Gasteiger partial charge is 0.392 e. The summed E-state index contributed by atoms with van der Waals surface area (Å²) < 4.78 is 6.58. The molecule has 4 heteroatoms. The number of hydrogen-bond donors (Lipinski definition) is 3. The zero-order chi connectivity index (χ0) is 24.9. The molecule has 3 saturated carbocycles. The standard InChI is InChI=1S/C30H48O4/c1-19(9-8-14-25(2,3)33)20-12-15-28(7)21-13-16-30-22(10-11-23(31)26(30,4)5)29(21,24(32)34-30)18-17-27(20,28)6/h8,13-14,16,19-24,31-33H,9-12,15,17-18H2,1-7H3/b14-8+/t19-,20-,21+,22+,23+,24+,27-,28+,29?,30-/m0/s1. The molecule has 0 aromatic carbocycles. The van der Waals surface area contributed by atoms with Gasteiger partial charge >= 0.3 is 0 Å². The Hall–Kier alpha value is -0.680. The van der Waals surface area contributed by atoms with E-state index in [1.165, 1.54) is 12.8 Å². The van der Waals surface area contributed by atoms with Gasteiger partial charge in [0.25, 0.3) is 0 Å². The van der Waals surface area contributed by atoms with Crippen LogP contribution in [0.4, 0.5) is 0 Å². The minimum Gasteiger partial charge on any atom is -0.392 e. The average molecular weight is 473 g/mol. The summed E-state index contributed by atoms with van der Waals surface area (Å²) in [5, 5.41) is 32.6. The smallest absolute Gasteiger partial charge is 0.162 e. The fraction of sp³-hybridized carbons (Fsp3) is 0.867. The van der Waals surface area contributed by atoms with Crippen molar-refractivity contribution in [2.45, 2.75) is 117 Å². The molecule has 4 fully saturated rings. The summed E-state index contributed by atoms with van der Waals surface area (Å²) in [7, 11) is 0. The van der Waals surface area contributed by atoms with Gasteiger partial charge in [-0.3, -0.25) is 0 Å². The molecule has 4 nitrogen and oxygen atoms in total. The maximum Gasteiger partial charge on any atom is 0.162 e. The molecule has 3 N–H and O–H groups in total. The van der Waals surface area contributed by atoms with Crippen molar-refractivity contribution in [3.8, 4) is 0 Å². The van der Waals surface area contributed by atoms with Crippen LogP contribution in [0.15, 0.2) is 24.3 Å². The van der Waals surface area contributed by atoms with E-state index in [1.807, 2.05) is 19.9 Å². The van der Waals surface area contributed by atoms with Crippen LogP contribution < -0.4 is 0 Å². The first-order valence-electron chi connectivity index (χ1n) is 13.8. The first kappa shape index (κ1) is 25.0. The monoisotopic (exact) mass is 472 g/mol. The Morgan fingerprint density at radius 3 is 2.41 bits per heavy atom. The van der Waals surface area contributed by atoms with Gasteiger partial charge in [-0.2, -0.15) is 0 Å². The van der Waals surface area contributed by atoms with Gasteiger partial charge < -0.3 is 20.1 Å². The maximum atomic E-state index is 11.6. The quantitative estimate of drug-likeness (QED) is 0.465. The first-order chi connectivity index (χ1) is 15.7. The SMILES string of the molecule is C[C@@H](C/C=C/C(C)(C)O)[C@@H]1CC[C@]2(C)[C@H]3C=C[C@]45O[C@@H](O)C3(CC[C@@]12C)[C@H]4CC[C@@H](O)C5(C)C. The topological polar surface area (TPSA) is 69.9 Å². The number of aliphatic hydroxyl groups excluding tert-OH is 2. The Bertz CT molecular complexity index is 885. The van der Waals surface area contributed by atoms with Crippen LogP contribution in [0.3, 0.4) is 0 Å². The van der Waals surface area contributed by atoms with Crippen molar-refractivity contribution in [1.82, 2.24) is 0 Å². The average Bonchev–Trinajstić information content (AvgIpc) is 3.09. The van der Waals surface area contributed by atoms with E-state index in [0.29, 0.717) is 17.8 Å². The van der Waals surface area contributed by atoms with Crippen LogP contribution in [0.25, 0.3) is 0 Å². The maximum absolute atomic E-state index is 11.6. The molecule has 2 bridgehead atoms. The van der Waals surface area contributed by atoms with Crippen molar-refractivity contribution in [3.63, 3.8) is 0 Å². The lowest BCUT2D eigenvalue weighted by Gasteiger charge is -2.65. The van der Waals surface area contributed by atoms with Crippen molar-refractivity contribution in [2.75, 3.05) is 0 Å². The molecule has 1 spiro atoms. The molecule has 0 aromatic heterocycles. The first-order valence-corrected chi connectivity index (χ1v) is 13.8. The summed E-state index contributed by atoms with van der Waals surface area (Å²) in [6.07, 6.45) is 14.9. The molecule has 0 amide bonds. The number of fused-ring (bicyclic) bond motifs is 2. The summed E-state index contributed by atoms with van der Waals surface area (Å²) >= 11 is 0. The molecule has 0 aromatic rings. The normalized spacial score (nSPS) is 52.4. The van der Waals surface area contributed by atoms with E-state index in [4.69, 9.17) is 4.74 Å². The zero-order valence-corrected chi connectivity index (χ0v) is 22.5. The molecule has 1 aliphatic heterocycles. The number of rotatable bonds is 4. The van der Waals surface area contributed by atoms with Gasteiger partial charge in [-0.1, -0.05) is 58.9 Å². The Kier molecular flexibility index (Phi) is 5.46. The molecule has 192 valence electrons. The van der Waals surface area contributed by atoms with Crippen LogP contribution in [0, 0.1) is 45.3 Å². The molecule has 34 heavy (non-hydrogen) atoms. The third-order valence-corrected chi connectivity index (χ3v) is 12.2. The minimum absolute atomic E-state index is 0.113. The van der Waals surface area contributed by atoms with Gasteiger partial charge in [0, 0.05) is 16.7 Å². The highest BCUT2D eigenvalue weighted by molar-refractivity contribution is 5.34. The van der Waals surface area contributed by atoms with Crippen molar-refractivity contribution in [3.05, 3.63) is 24.3 Å². The van der Waals surface area contributed by atoms with Crippen LogP contribution >= 0.6 is 0 Å². The molecule has 5 aliphatic rings. The minimum atomic E-state index is -0.769. The second kappa shape index (κ2) is 7.43. The van der Waals surface area contributed by atoms with E-state index in [0.717, 1.165) is 32.1 Å². The molecule has 1 heterocycles. The van der Waals surface area contributed by atoms with Crippen LogP contribution in [0.5, 0.6) is 0 Å². The van der Waals surface area contributed by atoms with Crippen molar-refractivity contribution in [2.24, 2.45) is 45.3 Å². The van der Waals surface area contributed by atoms with Gasteiger partial charge in [0.1, 0.15) is 5.60 Å². The summed E-state index contributed by atoms with van der Waals surface area (Å²) in [6.45, 7) is 15.3. The van der Waals surface area contributed by atoms with Gasteiger partial charge in [0.05, 0.1) is 11.7 Å². The van der Waals surface area contributed by atoms with Gasteiger partial charge in [0.2, 0.25) is 0 Å². The molecule has 4 aliphatic carbocycles. The van der Waals surface area contributed by atoms with E-state index in [9.17, 15) is 15.3 Å². The lowest BCUT2D eigenvalue weighted by Crippen LogP contribution is -2.65. The molecule has 10 atom stereocenters. The summed E-state index contributed by atoms with van der Waals surface area (Å²) in [6, 6.07) is 0. The third-order valence-electron chi connectivity index (χ3n) is 12.2. The highest BCUT2D eigenvalue weighted by Gasteiger charge is 2.78. The Balaban J connectivity index is 1.50. The van der Waals surface area contributed by atoms with E-state index < -0.39 is 29.0 Å². The molecule has 1 unspecified atom stereocenters. The zero-order valence-electron chi connectivity index (χ0n) is 22.5. The van der Waals surface area contributed by atoms with E-state index in [-0.39, 0.29) is 22.2 Å². The van der Waals surface area contributed by atoms with Crippen LogP contribution in [-0.2, 0) is 4.74 Å². The van der Waals surface area contributed by atoms with Gasteiger partial charge in [-0.05, 0) is 87.4 Å². The lowest BCUT2D eigenvalue weighted by atomic mass is 9.38. The van der Waals surface area contributed by atoms with Crippen LogP contribution in [-0.4, -0.2) is 38.9 Å². The Labute approximate surface area is 206 Å². The number of allylic oxidation sites excluding steroid dienone is 2. The Morgan fingerprint density at radius 1 is 1.03 bits per heavy atom. The van der Waals surface area contributed by atoms with Crippen LogP contribution in [0.1, 0.15) is 93.4 Å². The molecular formula is C30H48O4. The molecule has 0 radical (unpaired) electrons. The number of aliphatic hydroxyl groups is 3. The van der Waals surface area contributed by atoms with Crippen molar-refractivity contribution in [1.29, 1.82) is 0 Å². The second-order valence-corrected chi connectivity index (χ2v) is 14.3. The third kappa shape index (κ3) is 2.92. The van der Waals surface area contributed by atoms with Gasteiger partial charge in [-0.15, -0.1) is 0 Å². The highest BCUT2D eigenvalue weighted by atomic mass is 16.6. The summed E-state index contributed by atoms with van der Waals surface area (Å²) in [5.41, 5.74) is -1.67. The number of ether oxygens (including phenoxy) is 1. The van der Waals surface area contributed by atoms with Gasteiger partial charge in [0.15, 0.2) is 6.29 Å². The fourth-order valence-electron chi connectivity index (χ4n) is 9.98. The van der Waals surface area contributed by atoms with E-state index >= 15 is 0 Å². The van der Waals surface area contributed by atoms with Crippen molar-refractivity contribution < 1.29 is 20.1 Å². The van der Waals surface area contributed by atoms with Crippen LogP contribution in [0.2, 0.25) is 0 Å². The van der Waals surface area contributed by atoms with Gasteiger partial charge in [-0.25, -0.2) is 0 Å². The highest BCUT2D eigenvalue weighted by Crippen LogP contribution is 2.78. The second-order valence-electron chi connectivity index (χ2n) is 14.3. The van der Waals surface area contributed by atoms with E-state index in [1.54, 1.807) is 0 Å². The molecular weight excluding hydrogens is 424 g/mol. The summed E-state index contributed by atoms with van der Waals surface area (Å²) in [4.78, 5) is 0. The summed E-state index contributed by atoms with van der Waals surface area (Å²) in [5.74, 6) is 1.74. The molecule has 5 rings (SSSR count). The number of hydrogen-bond acceptors (Lipinski definition) is 4. The van der Waals surface area contributed by atoms with E-state index in [2.05, 4.69) is 52.8 Å². The Morgan fingerprint density at radius 2 is 1.74 bits per heavy atom. The predicted octanol–water partition coefficient (Wildman–Crippen LogP) is 5.61. The lowest BCUT2D eigenvalue weighted by molar-refractivity contribution is -0.213. The fourth-order valence-corrected chi connectivity index (χ4v) is 9.98. The predicted molar refractivity (Wildman–Crippen MR) is 135 cm³/mol.